The molecule has 0 heterocycles. The second kappa shape index (κ2) is 6.40. The molecule has 88 valence electrons. The highest BCUT2D eigenvalue weighted by Gasteiger charge is 2.17. The maximum Gasteiger partial charge on any atom is 0.322 e. The van der Waals surface area contributed by atoms with Gasteiger partial charge in [-0.1, -0.05) is 30.3 Å². The van der Waals surface area contributed by atoms with Crippen molar-refractivity contribution in [3.63, 3.8) is 0 Å². The van der Waals surface area contributed by atoms with Gasteiger partial charge in [0, 0.05) is 0 Å². The van der Waals surface area contributed by atoms with Crippen molar-refractivity contribution in [3.8, 4) is 0 Å². The van der Waals surface area contributed by atoms with Crippen molar-refractivity contribution < 1.29 is 9.90 Å². The number of carbonyl (C=O) groups is 1. The Hall–Kier alpha value is -1.20. The van der Waals surface area contributed by atoms with Crippen molar-refractivity contribution in [2.75, 3.05) is 0 Å². The summed E-state index contributed by atoms with van der Waals surface area (Å²) in [5, 5.41) is 9.47. The Morgan fingerprint density at radius 1 is 1.50 bits per heavy atom. The van der Waals surface area contributed by atoms with Crippen molar-refractivity contribution in [1.82, 2.24) is 4.72 Å². The van der Waals surface area contributed by atoms with E-state index in [9.17, 15) is 9.90 Å². The van der Waals surface area contributed by atoms with Crippen molar-refractivity contribution >= 4 is 18.0 Å². The molecule has 5 heteroatoms. The molecule has 1 aromatic rings. The van der Waals surface area contributed by atoms with Gasteiger partial charge in [-0.05, 0) is 30.9 Å². The van der Waals surface area contributed by atoms with Gasteiger partial charge in [-0.25, -0.2) is 4.79 Å². The van der Waals surface area contributed by atoms with E-state index in [0.717, 1.165) is 17.5 Å². The lowest BCUT2D eigenvalue weighted by Gasteiger charge is -2.18. The molecule has 0 saturated heterocycles. The fraction of sp³-hybridized carbons (Fsp3) is 0.364. The Bertz CT molecular complexity index is 330. The number of aliphatic hydroxyl groups excluding tert-OH is 1. The summed E-state index contributed by atoms with van der Waals surface area (Å²) in [7, 11) is 0. The first-order chi connectivity index (χ1) is 7.59. The van der Waals surface area contributed by atoms with Crippen LogP contribution in [0.5, 0.6) is 0 Å². The molecule has 0 bridgehead atoms. The van der Waals surface area contributed by atoms with E-state index in [1.807, 2.05) is 30.3 Å². The summed E-state index contributed by atoms with van der Waals surface area (Å²) in [6.07, 6.45) is 0.167. The zero-order chi connectivity index (χ0) is 12.0. The van der Waals surface area contributed by atoms with Crippen LogP contribution in [0, 0.1) is 0 Å². The second-order valence-electron chi connectivity index (χ2n) is 3.55. The second-order valence-corrected chi connectivity index (χ2v) is 4.60. The van der Waals surface area contributed by atoms with E-state index in [1.165, 1.54) is 0 Å². The number of aliphatic hydroxyl groups is 1. The minimum absolute atomic E-state index is 0.102. The molecule has 0 aromatic heterocycles. The number of benzene rings is 1. The summed E-state index contributed by atoms with van der Waals surface area (Å²) in [6.45, 7) is 1.70. The lowest BCUT2D eigenvalue weighted by atomic mass is 10.1. The van der Waals surface area contributed by atoms with Gasteiger partial charge < -0.3 is 10.8 Å². The summed E-state index contributed by atoms with van der Waals surface area (Å²) in [4.78, 5) is 10.6. The third-order valence-electron chi connectivity index (χ3n) is 2.13. The number of nitrogens with two attached hydrogens (primary N) is 1. The maximum absolute atomic E-state index is 10.6. The Morgan fingerprint density at radius 2 is 2.12 bits per heavy atom. The molecule has 1 rings (SSSR count). The highest BCUT2D eigenvalue weighted by Crippen LogP contribution is 2.17. The average Bonchev–Trinajstić information content (AvgIpc) is 2.25. The van der Waals surface area contributed by atoms with Gasteiger partial charge in [0.15, 0.2) is 0 Å². The molecular weight excluding hydrogens is 224 g/mol. The molecule has 2 amide bonds. The minimum Gasteiger partial charge on any atom is -0.392 e. The molecule has 0 aliphatic carbocycles. The molecule has 2 atom stereocenters. The topological polar surface area (TPSA) is 75.3 Å². The molecule has 0 spiro atoms. The average molecular weight is 240 g/mol. The predicted molar refractivity (Wildman–Crippen MR) is 65.9 cm³/mol. The first-order valence-electron chi connectivity index (χ1n) is 5.02. The van der Waals surface area contributed by atoms with Crippen LogP contribution in [-0.2, 0) is 6.42 Å². The van der Waals surface area contributed by atoms with Gasteiger partial charge in [0.05, 0.1) is 11.4 Å². The minimum atomic E-state index is -0.594. The van der Waals surface area contributed by atoms with E-state index < -0.39 is 12.1 Å². The van der Waals surface area contributed by atoms with Gasteiger partial charge in [0.1, 0.15) is 0 Å². The largest absolute Gasteiger partial charge is 0.392 e. The van der Waals surface area contributed by atoms with Crippen molar-refractivity contribution in [2.45, 2.75) is 24.7 Å². The van der Waals surface area contributed by atoms with Gasteiger partial charge in [0.25, 0.3) is 0 Å². The Morgan fingerprint density at radius 3 is 2.62 bits per heavy atom. The summed E-state index contributed by atoms with van der Waals surface area (Å²) in [5.74, 6) is 0. The lowest BCUT2D eigenvalue weighted by Crippen LogP contribution is -2.31. The fourth-order valence-electron chi connectivity index (χ4n) is 1.29. The Balaban J connectivity index is 2.54. The van der Waals surface area contributed by atoms with E-state index in [2.05, 4.69) is 4.72 Å². The number of urea groups is 1. The van der Waals surface area contributed by atoms with Crippen LogP contribution in [0.2, 0.25) is 0 Å². The molecule has 0 aliphatic heterocycles. The highest BCUT2D eigenvalue weighted by molar-refractivity contribution is 7.98. The molecule has 16 heavy (non-hydrogen) atoms. The molecule has 1 aromatic carbocycles. The molecule has 1 unspecified atom stereocenters. The SMILES string of the molecule is CC(O)[C@H](Cc1ccccc1)SNC(N)=O. The summed E-state index contributed by atoms with van der Waals surface area (Å²) in [5.41, 5.74) is 6.10. The first kappa shape index (κ1) is 12.9. The normalized spacial score (nSPS) is 14.1. The zero-order valence-electron chi connectivity index (χ0n) is 9.09. The van der Waals surface area contributed by atoms with Gasteiger partial charge in [-0.3, -0.25) is 4.72 Å². The van der Waals surface area contributed by atoms with E-state index >= 15 is 0 Å². The highest BCUT2D eigenvalue weighted by atomic mass is 32.2. The van der Waals surface area contributed by atoms with E-state index in [1.54, 1.807) is 6.92 Å². The molecule has 0 fully saturated rings. The van der Waals surface area contributed by atoms with E-state index in [-0.39, 0.29) is 5.25 Å². The number of rotatable bonds is 5. The van der Waals surface area contributed by atoms with Gasteiger partial charge >= 0.3 is 6.03 Å². The molecule has 4 nitrogen and oxygen atoms in total. The number of nitrogens with one attached hydrogen (secondary N) is 1. The van der Waals surface area contributed by atoms with E-state index in [4.69, 9.17) is 5.73 Å². The van der Waals surface area contributed by atoms with Crippen LogP contribution >= 0.6 is 11.9 Å². The third-order valence-corrected chi connectivity index (χ3v) is 3.31. The number of hydrogen-bond acceptors (Lipinski definition) is 3. The van der Waals surface area contributed by atoms with Crippen LogP contribution in [0.1, 0.15) is 12.5 Å². The van der Waals surface area contributed by atoms with Gasteiger partial charge in [-0.2, -0.15) is 0 Å². The van der Waals surface area contributed by atoms with Crippen molar-refractivity contribution in [3.05, 3.63) is 35.9 Å². The van der Waals surface area contributed by atoms with Crippen LogP contribution in [0.4, 0.5) is 4.79 Å². The number of primary amides is 1. The molecule has 0 radical (unpaired) electrons. The summed E-state index contributed by atoms with van der Waals surface area (Å²) < 4.78 is 2.44. The number of carbonyl (C=O) groups excluding carboxylic acids is 1. The monoisotopic (exact) mass is 240 g/mol. The standard InChI is InChI=1S/C11H16N2O2S/c1-8(14)10(16-13-11(12)15)7-9-5-3-2-4-6-9/h2-6,8,10,14H,7H2,1H3,(H3,12,13,15)/t8?,10-/m0/s1. The van der Waals surface area contributed by atoms with E-state index in [0.29, 0.717) is 6.42 Å². The lowest BCUT2D eigenvalue weighted by molar-refractivity contribution is 0.190. The molecular formula is C11H16N2O2S. The summed E-state index contributed by atoms with van der Waals surface area (Å²) in [6, 6.07) is 9.21. The smallest absolute Gasteiger partial charge is 0.322 e. The number of amides is 2. The van der Waals surface area contributed by atoms with Crippen LogP contribution in [0.15, 0.2) is 30.3 Å². The quantitative estimate of drug-likeness (QED) is 0.679. The molecule has 0 saturated carbocycles. The third kappa shape index (κ3) is 4.55. The van der Waals surface area contributed by atoms with Crippen molar-refractivity contribution in [1.29, 1.82) is 0 Å². The molecule has 4 N–H and O–H groups in total. The van der Waals surface area contributed by atoms with Crippen LogP contribution < -0.4 is 10.5 Å². The molecule has 0 aliphatic rings. The van der Waals surface area contributed by atoms with Gasteiger partial charge in [-0.15, -0.1) is 0 Å². The van der Waals surface area contributed by atoms with Crippen molar-refractivity contribution in [2.24, 2.45) is 5.73 Å². The number of hydrogen-bond donors (Lipinski definition) is 3. The first-order valence-corrected chi connectivity index (χ1v) is 5.90. The Kier molecular flexibility index (Phi) is 5.14. The predicted octanol–water partition coefficient (Wildman–Crippen LogP) is 1.29. The van der Waals surface area contributed by atoms with Crippen LogP contribution in [0.25, 0.3) is 0 Å². The zero-order valence-corrected chi connectivity index (χ0v) is 9.91. The Labute approximate surface area is 99.4 Å². The van der Waals surface area contributed by atoms with Crippen LogP contribution in [-0.4, -0.2) is 22.5 Å². The maximum atomic E-state index is 10.6. The summed E-state index contributed by atoms with van der Waals surface area (Å²) >= 11 is 1.16. The van der Waals surface area contributed by atoms with Crippen LogP contribution in [0.3, 0.4) is 0 Å². The van der Waals surface area contributed by atoms with Gasteiger partial charge in [0.2, 0.25) is 0 Å². The fourth-order valence-corrected chi connectivity index (χ4v) is 2.03.